The lowest BCUT2D eigenvalue weighted by molar-refractivity contribution is 0.0598. The third-order valence-corrected chi connectivity index (χ3v) is 5.70. The Morgan fingerprint density at radius 2 is 1.12 bits per heavy atom. The molecule has 2 aromatic carbocycles. The zero-order valence-electron chi connectivity index (χ0n) is 17.8. The predicted molar refractivity (Wildman–Crippen MR) is 116 cm³/mol. The van der Waals surface area contributed by atoms with Crippen LogP contribution >= 0.6 is 0 Å². The molecule has 170 valence electrons. The van der Waals surface area contributed by atoms with Crippen LogP contribution in [0.25, 0.3) is 0 Å². The third-order valence-electron chi connectivity index (χ3n) is 5.70. The first-order valence-electron chi connectivity index (χ1n) is 10.8. The molecule has 2 aliphatic heterocycles. The maximum absolute atomic E-state index is 12.0. The highest BCUT2D eigenvalue weighted by Crippen LogP contribution is 2.34. The Labute approximate surface area is 187 Å². The summed E-state index contributed by atoms with van der Waals surface area (Å²) in [6.45, 7) is 2.25. The summed E-state index contributed by atoms with van der Waals surface area (Å²) in [6, 6.07) is 19.0. The number of carbonyl (C=O) groups is 2. The second kappa shape index (κ2) is 11.0. The number of ether oxygens (including phenoxy) is 4. The Morgan fingerprint density at radius 3 is 1.53 bits per heavy atom. The third kappa shape index (κ3) is 5.99. The summed E-state index contributed by atoms with van der Waals surface area (Å²) in [4.78, 5) is 24.0. The van der Waals surface area contributed by atoms with Crippen LogP contribution in [0.5, 0.6) is 0 Å². The molecular formula is C24H28N2O6. The van der Waals surface area contributed by atoms with Gasteiger partial charge in [-0.2, -0.15) is 0 Å². The molecule has 2 amide bonds. The summed E-state index contributed by atoms with van der Waals surface area (Å²) in [7, 11) is 0. The van der Waals surface area contributed by atoms with Gasteiger partial charge in [0.25, 0.3) is 0 Å². The summed E-state index contributed by atoms with van der Waals surface area (Å²) >= 11 is 0. The lowest BCUT2D eigenvalue weighted by Gasteiger charge is -2.17. The van der Waals surface area contributed by atoms with Gasteiger partial charge in [-0.15, -0.1) is 0 Å². The Bertz CT molecular complexity index is 805. The van der Waals surface area contributed by atoms with Gasteiger partial charge in [0.1, 0.15) is 13.2 Å². The van der Waals surface area contributed by atoms with Gasteiger partial charge in [-0.05, 0) is 11.1 Å². The molecule has 2 fully saturated rings. The van der Waals surface area contributed by atoms with Crippen LogP contribution in [-0.4, -0.2) is 50.7 Å². The number of amides is 2. The largest absolute Gasteiger partial charge is 0.445 e. The molecule has 2 N–H and O–H groups in total. The maximum Gasteiger partial charge on any atom is 0.407 e. The quantitative estimate of drug-likeness (QED) is 0.656. The van der Waals surface area contributed by atoms with E-state index in [9.17, 15) is 9.59 Å². The zero-order valence-corrected chi connectivity index (χ0v) is 17.8. The van der Waals surface area contributed by atoms with Crippen molar-refractivity contribution in [2.24, 2.45) is 11.8 Å². The minimum absolute atomic E-state index is 0.0410. The SMILES string of the molecule is O=C(NC[C@H]1CO[C@@H]2[C@@H](CNC(=O)OCc3ccccc3)CO[C@H]12)OCc1ccccc1. The van der Waals surface area contributed by atoms with Crippen molar-refractivity contribution >= 4 is 12.2 Å². The molecule has 0 spiro atoms. The molecule has 2 heterocycles. The van der Waals surface area contributed by atoms with Gasteiger partial charge in [-0.1, -0.05) is 60.7 Å². The van der Waals surface area contributed by atoms with Gasteiger partial charge < -0.3 is 29.6 Å². The number of benzene rings is 2. The fourth-order valence-corrected chi connectivity index (χ4v) is 3.98. The van der Waals surface area contributed by atoms with E-state index in [2.05, 4.69) is 10.6 Å². The van der Waals surface area contributed by atoms with Gasteiger partial charge in [0, 0.05) is 24.9 Å². The van der Waals surface area contributed by atoms with E-state index in [1.54, 1.807) is 0 Å². The minimum Gasteiger partial charge on any atom is -0.445 e. The summed E-state index contributed by atoms with van der Waals surface area (Å²) < 4.78 is 22.3. The van der Waals surface area contributed by atoms with Crippen LogP contribution in [0, 0.1) is 11.8 Å². The highest BCUT2D eigenvalue weighted by atomic mass is 16.6. The first-order chi connectivity index (χ1) is 15.7. The monoisotopic (exact) mass is 440 g/mol. The molecule has 0 bridgehead atoms. The van der Waals surface area contributed by atoms with E-state index in [1.807, 2.05) is 60.7 Å². The molecule has 32 heavy (non-hydrogen) atoms. The highest BCUT2D eigenvalue weighted by molar-refractivity contribution is 5.67. The number of rotatable bonds is 8. The zero-order chi connectivity index (χ0) is 22.2. The lowest BCUT2D eigenvalue weighted by atomic mass is 9.96. The van der Waals surface area contributed by atoms with E-state index >= 15 is 0 Å². The molecule has 0 unspecified atom stereocenters. The van der Waals surface area contributed by atoms with Gasteiger partial charge in [0.15, 0.2) is 0 Å². The van der Waals surface area contributed by atoms with Gasteiger partial charge in [-0.25, -0.2) is 9.59 Å². The Morgan fingerprint density at radius 1 is 0.719 bits per heavy atom. The Kier molecular flexibility index (Phi) is 7.58. The van der Waals surface area contributed by atoms with Crippen molar-refractivity contribution in [1.29, 1.82) is 0 Å². The smallest absolute Gasteiger partial charge is 0.407 e. The van der Waals surface area contributed by atoms with Crippen molar-refractivity contribution in [2.45, 2.75) is 25.4 Å². The molecular weight excluding hydrogens is 412 g/mol. The molecule has 8 heteroatoms. The standard InChI is InChI=1S/C24H28N2O6/c27-23(31-13-17-7-3-1-4-8-17)25-11-19-15-29-22-20(16-30-21(19)22)12-26-24(28)32-14-18-9-5-2-6-10-18/h1-10,19-22H,11-16H2,(H,25,27)(H,26,28)/t19-,20-,21+,22+/m0/s1. The van der Waals surface area contributed by atoms with Gasteiger partial charge >= 0.3 is 12.2 Å². The van der Waals surface area contributed by atoms with Crippen LogP contribution in [-0.2, 0) is 32.2 Å². The van der Waals surface area contributed by atoms with Gasteiger partial charge in [0.2, 0.25) is 0 Å². The van der Waals surface area contributed by atoms with E-state index in [0.29, 0.717) is 26.3 Å². The van der Waals surface area contributed by atoms with Crippen molar-refractivity contribution in [3.63, 3.8) is 0 Å². The van der Waals surface area contributed by atoms with Crippen LogP contribution in [0.3, 0.4) is 0 Å². The molecule has 4 atom stereocenters. The van der Waals surface area contributed by atoms with Crippen LogP contribution in [0.1, 0.15) is 11.1 Å². The van der Waals surface area contributed by atoms with E-state index in [-0.39, 0.29) is 37.3 Å². The van der Waals surface area contributed by atoms with Crippen LogP contribution in [0.15, 0.2) is 60.7 Å². The second-order valence-electron chi connectivity index (χ2n) is 8.00. The molecule has 2 saturated heterocycles. The topological polar surface area (TPSA) is 95.1 Å². The summed E-state index contributed by atoms with van der Waals surface area (Å²) in [5, 5.41) is 5.59. The Hall–Kier alpha value is -3.10. The Balaban J connectivity index is 1.14. The van der Waals surface area contributed by atoms with Crippen LogP contribution in [0.4, 0.5) is 9.59 Å². The summed E-state index contributed by atoms with van der Waals surface area (Å²) in [5.74, 6) is 0.0821. The number of fused-ring (bicyclic) bond motifs is 1. The molecule has 0 aliphatic carbocycles. The van der Waals surface area contributed by atoms with Crippen molar-refractivity contribution in [1.82, 2.24) is 10.6 Å². The first kappa shape index (κ1) is 22.1. The number of carbonyl (C=O) groups excluding carboxylic acids is 2. The fraction of sp³-hybridized carbons (Fsp3) is 0.417. The molecule has 4 rings (SSSR count). The summed E-state index contributed by atoms with van der Waals surface area (Å²) in [5.41, 5.74) is 1.87. The van der Waals surface area contributed by atoms with Crippen molar-refractivity contribution in [3.05, 3.63) is 71.8 Å². The molecule has 2 aromatic rings. The fourth-order valence-electron chi connectivity index (χ4n) is 3.98. The first-order valence-corrected chi connectivity index (χ1v) is 10.8. The molecule has 0 saturated carbocycles. The lowest BCUT2D eigenvalue weighted by Crippen LogP contribution is -2.38. The minimum atomic E-state index is -0.463. The number of nitrogens with one attached hydrogen (secondary N) is 2. The van der Waals surface area contributed by atoms with Gasteiger partial charge in [-0.3, -0.25) is 0 Å². The van der Waals surface area contributed by atoms with Crippen LogP contribution < -0.4 is 10.6 Å². The average molecular weight is 440 g/mol. The summed E-state index contributed by atoms with van der Waals surface area (Å²) in [6.07, 6.45) is -1.16. The predicted octanol–water partition coefficient (Wildman–Crippen LogP) is 2.87. The number of hydrogen-bond donors (Lipinski definition) is 2. The van der Waals surface area contributed by atoms with E-state index in [4.69, 9.17) is 18.9 Å². The average Bonchev–Trinajstić information content (AvgIpc) is 3.42. The van der Waals surface area contributed by atoms with Crippen LogP contribution in [0.2, 0.25) is 0 Å². The van der Waals surface area contributed by atoms with Crippen molar-refractivity contribution in [2.75, 3.05) is 26.3 Å². The molecule has 0 radical (unpaired) electrons. The second-order valence-corrected chi connectivity index (χ2v) is 8.00. The maximum atomic E-state index is 12.0. The highest BCUT2D eigenvalue weighted by Gasteiger charge is 2.47. The van der Waals surface area contributed by atoms with E-state index in [1.165, 1.54) is 0 Å². The van der Waals surface area contributed by atoms with Crippen molar-refractivity contribution in [3.8, 4) is 0 Å². The van der Waals surface area contributed by atoms with E-state index in [0.717, 1.165) is 11.1 Å². The van der Waals surface area contributed by atoms with Gasteiger partial charge in [0.05, 0.1) is 25.4 Å². The normalized spacial score (nSPS) is 23.9. The number of hydrogen-bond acceptors (Lipinski definition) is 6. The molecule has 0 aromatic heterocycles. The number of alkyl carbamates (subject to hydrolysis) is 2. The van der Waals surface area contributed by atoms with Crippen molar-refractivity contribution < 1.29 is 28.5 Å². The molecule has 8 nitrogen and oxygen atoms in total. The van der Waals surface area contributed by atoms with E-state index < -0.39 is 12.2 Å². The molecule has 2 aliphatic rings.